The van der Waals surface area contributed by atoms with Crippen LogP contribution in [0, 0.1) is 0 Å². The molecular weight excluding hydrogens is 296 g/mol. The van der Waals surface area contributed by atoms with E-state index in [2.05, 4.69) is 26.5 Å². The molecule has 1 N–H and O–H groups in total. The minimum atomic E-state index is -0.270. The molecule has 2 rings (SSSR count). The average Bonchev–Trinajstić information content (AvgIpc) is 2.90. The van der Waals surface area contributed by atoms with E-state index in [4.69, 9.17) is 4.42 Å². The predicted molar refractivity (Wildman–Crippen MR) is 72.5 cm³/mol. The highest BCUT2D eigenvalue weighted by atomic mass is 79.9. The lowest BCUT2D eigenvalue weighted by Gasteiger charge is -2.03. The molecule has 0 aliphatic carbocycles. The molecule has 0 atom stereocenters. The van der Waals surface area contributed by atoms with Crippen molar-refractivity contribution in [1.82, 2.24) is 5.43 Å². The second-order valence-electron chi connectivity index (χ2n) is 3.60. The van der Waals surface area contributed by atoms with Crippen molar-refractivity contribution in [3.8, 4) is 0 Å². The molecule has 1 aromatic carbocycles. The molecule has 0 saturated carbocycles. The molecule has 0 aliphatic heterocycles. The van der Waals surface area contributed by atoms with E-state index in [1.807, 2.05) is 6.07 Å². The van der Waals surface area contributed by atoms with E-state index < -0.39 is 0 Å². The molecule has 1 amide bonds. The number of rotatable bonds is 3. The van der Waals surface area contributed by atoms with Crippen molar-refractivity contribution in [2.24, 2.45) is 5.10 Å². The largest absolute Gasteiger partial charge is 0.463 e. The highest BCUT2D eigenvalue weighted by molar-refractivity contribution is 9.10. The minimum absolute atomic E-state index is 0.270. The van der Waals surface area contributed by atoms with Gasteiger partial charge >= 0.3 is 0 Å². The number of nitrogens with zero attached hydrogens (tertiary/aromatic N) is 1. The maximum Gasteiger partial charge on any atom is 0.272 e. The molecule has 0 fully saturated rings. The maximum atomic E-state index is 11.9. The zero-order chi connectivity index (χ0) is 13.0. The van der Waals surface area contributed by atoms with E-state index in [0.717, 1.165) is 4.47 Å². The van der Waals surface area contributed by atoms with Gasteiger partial charge in [0.1, 0.15) is 11.5 Å². The van der Waals surface area contributed by atoms with Crippen LogP contribution in [-0.2, 0) is 0 Å². The lowest BCUT2D eigenvalue weighted by Crippen LogP contribution is -2.19. The van der Waals surface area contributed by atoms with Gasteiger partial charge in [-0.25, -0.2) is 5.43 Å². The van der Waals surface area contributed by atoms with Gasteiger partial charge in [-0.1, -0.05) is 12.1 Å². The second-order valence-corrected chi connectivity index (χ2v) is 4.45. The average molecular weight is 307 g/mol. The van der Waals surface area contributed by atoms with Crippen LogP contribution in [0.25, 0.3) is 0 Å². The zero-order valence-electron chi connectivity index (χ0n) is 9.68. The summed E-state index contributed by atoms with van der Waals surface area (Å²) in [5.41, 5.74) is 3.63. The van der Waals surface area contributed by atoms with Crippen LogP contribution in [-0.4, -0.2) is 11.6 Å². The van der Waals surface area contributed by atoms with E-state index in [1.54, 1.807) is 43.5 Å². The summed E-state index contributed by atoms with van der Waals surface area (Å²) in [6.45, 7) is 1.76. The summed E-state index contributed by atoms with van der Waals surface area (Å²) in [6, 6.07) is 10.7. The van der Waals surface area contributed by atoms with Gasteiger partial charge in [-0.2, -0.15) is 5.10 Å². The number of halogens is 1. The first-order valence-electron chi connectivity index (χ1n) is 5.31. The van der Waals surface area contributed by atoms with Gasteiger partial charge in [0.2, 0.25) is 0 Å². The number of hydrazone groups is 1. The molecule has 4 nitrogen and oxygen atoms in total. The first kappa shape index (κ1) is 12.6. The minimum Gasteiger partial charge on any atom is -0.463 e. The number of carbonyl (C=O) groups excluding carboxylic acids is 1. The molecule has 0 bridgehead atoms. The van der Waals surface area contributed by atoms with Gasteiger partial charge in [-0.15, -0.1) is 0 Å². The summed E-state index contributed by atoms with van der Waals surface area (Å²) in [4.78, 5) is 11.9. The topological polar surface area (TPSA) is 54.6 Å². The van der Waals surface area contributed by atoms with E-state index >= 15 is 0 Å². The fourth-order valence-electron chi connectivity index (χ4n) is 1.38. The first-order chi connectivity index (χ1) is 8.68. The summed E-state index contributed by atoms with van der Waals surface area (Å²) in [6.07, 6.45) is 1.56. The van der Waals surface area contributed by atoms with Crippen molar-refractivity contribution in [2.75, 3.05) is 0 Å². The number of nitrogens with one attached hydrogen (secondary N) is 1. The maximum absolute atomic E-state index is 11.9. The Kier molecular flexibility index (Phi) is 3.94. The van der Waals surface area contributed by atoms with Gasteiger partial charge < -0.3 is 4.42 Å². The summed E-state index contributed by atoms with van der Waals surface area (Å²) in [5, 5.41) is 3.99. The van der Waals surface area contributed by atoms with Crippen LogP contribution < -0.4 is 5.43 Å². The Morgan fingerprint density at radius 2 is 2.06 bits per heavy atom. The van der Waals surface area contributed by atoms with Crippen LogP contribution in [0.5, 0.6) is 0 Å². The molecule has 0 saturated heterocycles. The van der Waals surface area contributed by atoms with Crippen molar-refractivity contribution in [2.45, 2.75) is 6.92 Å². The van der Waals surface area contributed by atoms with Crippen molar-refractivity contribution >= 4 is 27.5 Å². The van der Waals surface area contributed by atoms with Gasteiger partial charge in [-0.3, -0.25) is 4.79 Å². The smallest absolute Gasteiger partial charge is 0.272 e. The number of benzene rings is 1. The molecular formula is C13H11BrN2O2. The third kappa shape index (κ3) is 2.87. The molecule has 5 heteroatoms. The van der Waals surface area contributed by atoms with Crippen LogP contribution in [0.1, 0.15) is 23.0 Å². The molecule has 1 aromatic heterocycles. The Hall–Kier alpha value is -1.88. The van der Waals surface area contributed by atoms with E-state index in [9.17, 15) is 4.79 Å². The third-order valence-electron chi connectivity index (χ3n) is 2.32. The summed E-state index contributed by atoms with van der Waals surface area (Å²) in [7, 11) is 0. The van der Waals surface area contributed by atoms with Crippen LogP contribution in [0.2, 0.25) is 0 Å². The third-order valence-corrected chi connectivity index (χ3v) is 3.01. The highest BCUT2D eigenvalue weighted by Crippen LogP contribution is 2.15. The predicted octanol–water partition coefficient (Wildman–Crippen LogP) is 3.20. The summed E-state index contributed by atoms with van der Waals surface area (Å²) < 4.78 is 5.90. The lowest BCUT2D eigenvalue weighted by molar-refractivity contribution is 0.0954. The number of hydrogen-bond acceptors (Lipinski definition) is 3. The van der Waals surface area contributed by atoms with Gasteiger partial charge in [0, 0.05) is 4.47 Å². The molecule has 1 heterocycles. The Balaban J connectivity index is 2.09. The number of furan rings is 1. The van der Waals surface area contributed by atoms with Gasteiger partial charge in [0.15, 0.2) is 0 Å². The molecule has 0 unspecified atom stereocenters. The monoisotopic (exact) mass is 306 g/mol. The molecule has 0 spiro atoms. The van der Waals surface area contributed by atoms with Crippen LogP contribution in [0.15, 0.2) is 56.7 Å². The Bertz CT molecular complexity index is 576. The molecule has 2 aromatic rings. The van der Waals surface area contributed by atoms with Crippen LogP contribution >= 0.6 is 15.9 Å². The highest BCUT2D eigenvalue weighted by Gasteiger charge is 2.08. The Morgan fingerprint density at radius 3 is 2.72 bits per heavy atom. The molecule has 0 aliphatic rings. The van der Waals surface area contributed by atoms with Crippen LogP contribution in [0.4, 0.5) is 0 Å². The van der Waals surface area contributed by atoms with E-state index in [0.29, 0.717) is 17.0 Å². The van der Waals surface area contributed by atoms with Crippen molar-refractivity contribution in [3.63, 3.8) is 0 Å². The fourth-order valence-corrected chi connectivity index (χ4v) is 1.84. The summed E-state index contributed by atoms with van der Waals surface area (Å²) >= 11 is 3.31. The number of hydrogen-bond donors (Lipinski definition) is 1. The SMILES string of the molecule is C/C(=N\NC(=O)c1ccccc1Br)c1ccco1. The second kappa shape index (κ2) is 5.64. The number of amides is 1. The summed E-state index contributed by atoms with van der Waals surface area (Å²) in [5.74, 6) is 0.357. The Morgan fingerprint density at radius 1 is 1.28 bits per heavy atom. The van der Waals surface area contributed by atoms with E-state index in [1.165, 1.54) is 0 Å². The van der Waals surface area contributed by atoms with E-state index in [-0.39, 0.29) is 5.91 Å². The molecule has 92 valence electrons. The molecule has 0 radical (unpaired) electrons. The lowest BCUT2D eigenvalue weighted by atomic mass is 10.2. The quantitative estimate of drug-likeness (QED) is 0.699. The van der Waals surface area contributed by atoms with Gasteiger partial charge in [0.25, 0.3) is 5.91 Å². The zero-order valence-corrected chi connectivity index (χ0v) is 11.3. The Labute approximate surface area is 113 Å². The number of carbonyl (C=O) groups is 1. The van der Waals surface area contributed by atoms with Crippen molar-refractivity contribution in [1.29, 1.82) is 0 Å². The normalized spacial score (nSPS) is 11.3. The van der Waals surface area contributed by atoms with Crippen molar-refractivity contribution in [3.05, 3.63) is 58.5 Å². The fraction of sp³-hybridized carbons (Fsp3) is 0.0769. The van der Waals surface area contributed by atoms with Gasteiger partial charge in [-0.05, 0) is 47.1 Å². The van der Waals surface area contributed by atoms with Gasteiger partial charge in [0.05, 0.1) is 11.8 Å². The van der Waals surface area contributed by atoms with Crippen LogP contribution in [0.3, 0.4) is 0 Å². The standard InChI is InChI=1S/C13H11BrN2O2/c1-9(12-7-4-8-18-12)15-16-13(17)10-5-2-3-6-11(10)14/h2-8H,1H3,(H,16,17)/b15-9+. The van der Waals surface area contributed by atoms with Crippen molar-refractivity contribution < 1.29 is 9.21 Å². The molecule has 18 heavy (non-hydrogen) atoms. The first-order valence-corrected chi connectivity index (χ1v) is 6.11.